The van der Waals surface area contributed by atoms with Crippen LogP contribution in [0.2, 0.25) is 0 Å². The first-order chi connectivity index (χ1) is 11.0. The van der Waals surface area contributed by atoms with Gasteiger partial charge in [-0.1, -0.05) is 0 Å². The Morgan fingerprint density at radius 2 is 2.22 bits per heavy atom. The minimum atomic E-state index is 0.0425. The highest BCUT2D eigenvalue weighted by Crippen LogP contribution is 2.31. The summed E-state index contributed by atoms with van der Waals surface area (Å²) in [5.41, 5.74) is 2.59. The van der Waals surface area contributed by atoms with E-state index < -0.39 is 0 Å². The number of carbonyl (C=O) groups is 1. The summed E-state index contributed by atoms with van der Waals surface area (Å²) in [7, 11) is 1.95. The van der Waals surface area contributed by atoms with Crippen molar-refractivity contribution in [3.8, 4) is 5.75 Å². The lowest BCUT2D eigenvalue weighted by atomic mass is 10.1. The molecular weight excluding hydrogens is 292 g/mol. The Morgan fingerprint density at radius 1 is 1.43 bits per heavy atom. The fourth-order valence-electron chi connectivity index (χ4n) is 3.50. The van der Waals surface area contributed by atoms with Crippen molar-refractivity contribution in [1.82, 2.24) is 9.47 Å². The van der Waals surface area contributed by atoms with E-state index >= 15 is 0 Å². The standard InChI is InChI=1S/C18H24N2O3/c1-4-23-11-13-6-5-9-20(13)18(22)17-12(2)19(3)16-8-7-14(21)10-15(16)17/h7-8,10,13,21H,4-6,9,11H2,1-3H3/t13-/m1/s1. The normalized spacial score (nSPS) is 18.0. The molecule has 1 aliphatic rings. The number of aryl methyl sites for hydroxylation is 1. The number of phenols is 1. The molecule has 1 atom stereocenters. The zero-order valence-electron chi connectivity index (χ0n) is 14.0. The quantitative estimate of drug-likeness (QED) is 0.943. The average Bonchev–Trinajstić information content (AvgIpc) is 3.09. The number of aromatic hydroxyl groups is 1. The smallest absolute Gasteiger partial charge is 0.256 e. The Kier molecular flexibility index (Phi) is 4.31. The number of amides is 1. The molecular formula is C18H24N2O3. The van der Waals surface area contributed by atoms with Crippen LogP contribution in [-0.2, 0) is 11.8 Å². The van der Waals surface area contributed by atoms with Crippen molar-refractivity contribution in [3.63, 3.8) is 0 Å². The summed E-state index contributed by atoms with van der Waals surface area (Å²) in [5.74, 6) is 0.227. The van der Waals surface area contributed by atoms with Crippen LogP contribution in [0.15, 0.2) is 18.2 Å². The van der Waals surface area contributed by atoms with Crippen LogP contribution in [0.1, 0.15) is 35.8 Å². The number of aromatic nitrogens is 1. The number of benzene rings is 1. The molecule has 5 heteroatoms. The minimum Gasteiger partial charge on any atom is -0.508 e. The van der Waals surface area contributed by atoms with Crippen LogP contribution in [0.25, 0.3) is 10.9 Å². The summed E-state index contributed by atoms with van der Waals surface area (Å²) in [6, 6.07) is 5.35. The number of fused-ring (bicyclic) bond motifs is 1. The first-order valence-electron chi connectivity index (χ1n) is 8.21. The molecule has 0 bridgehead atoms. The molecule has 1 saturated heterocycles. The summed E-state index contributed by atoms with van der Waals surface area (Å²) in [4.78, 5) is 15.1. The van der Waals surface area contributed by atoms with E-state index in [-0.39, 0.29) is 17.7 Å². The summed E-state index contributed by atoms with van der Waals surface area (Å²) in [6.45, 7) is 5.96. The third kappa shape index (κ3) is 2.70. The fraction of sp³-hybridized carbons (Fsp3) is 0.500. The SMILES string of the molecule is CCOC[C@H]1CCCN1C(=O)c1c(C)n(C)c2ccc(O)cc12. The molecule has 1 fully saturated rings. The Balaban J connectivity index is 2.00. The van der Waals surface area contributed by atoms with Crippen LogP contribution >= 0.6 is 0 Å². The number of carbonyl (C=O) groups excluding carboxylic acids is 1. The predicted molar refractivity (Wildman–Crippen MR) is 89.9 cm³/mol. The van der Waals surface area contributed by atoms with Gasteiger partial charge in [-0.3, -0.25) is 4.79 Å². The maximum absolute atomic E-state index is 13.2. The predicted octanol–water partition coefficient (Wildman–Crippen LogP) is 2.83. The Bertz CT molecular complexity index is 735. The summed E-state index contributed by atoms with van der Waals surface area (Å²) >= 11 is 0. The van der Waals surface area contributed by atoms with Gasteiger partial charge in [0.2, 0.25) is 0 Å². The summed E-state index contributed by atoms with van der Waals surface area (Å²) in [6.07, 6.45) is 2.00. The highest BCUT2D eigenvalue weighted by Gasteiger charge is 2.32. The van der Waals surface area contributed by atoms with Crippen LogP contribution in [0.5, 0.6) is 5.75 Å². The molecule has 2 aromatic rings. The number of ether oxygens (including phenoxy) is 1. The number of hydrogen-bond donors (Lipinski definition) is 1. The monoisotopic (exact) mass is 316 g/mol. The molecule has 1 aliphatic heterocycles. The molecule has 23 heavy (non-hydrogen) atoms. The van der Waals surface area contributed by atoms with Gasteiger partial charge in [-0.2, -0.15) is 0 Å². The molecule has 124 valence electrons. The van der Waals surface area contributed by atoms with Gasteiger partial charge >= 0.3 is 0 Å². The van der Waals surface area contributed by atoms with Crippen molar-refractivity contribution < 1.29 is 14.6 Å². The molecule has 2 heterocycles. The number of hydrogen-bond acceptors (Lipinski definition) is 3. The topological polar surface area (TPSA) is 54.7 Å². The van der Waals surface area contributed by atoms with E-state index in [1.165, 1.54) is 0 Å². The zero-order chi connectivity index (χ0) is 16.6. The van der Waals surface area contributed by atoms with Crippen molar-refractivity contribution in [3.05, 3.63) is 29.5 Å². The van der Waals surface area contributed by atoms with E-state index in [0.717, 1.165) is 36.0 Å². The fourth-order valence-corrected chi connectivity index (χ4v) is 3.50. The average molecular weight is 316 g/mol. The van der Waals surface area contributed by atoms with E-state index in [1.54, 1.807) is 12.1 Å². The number of phenolic OH excluding ortho intramolecular Hbond substituents is 1. The Labute approximate surface area is 136 Å². The van der Waals surface area contributed by atoms with Gasteiger partial charge in [-0.15, -0.1) is 0 Å². The van der Waals surface area contributed by atoms with E-state index in [9.17, 15) is 9.90 Å². The van der Waals surface area contributed by atoms with Gasteiger partial charge in [-0.05, 0) is 44.9 Å². The van der Waals surface area contributed by atoms with E-state index in [2.05, 4.69) is 0 Å². The molecule has 5 nitrogen and oxygen atoms in total. The van der Waals surface area contributed by atoms with Crippen LogP contribution < -0.4 is 0 Å². The van der Waals surface area contributed by atoms with E-state index in [4.69, 9.17) is 4.74 Å². The van der Waals surface area contributed by atoms with Gasteiger partial charge < -0.3 is 19.3 Å². The summed E-state index contributed by atoms with van der Waals surface area (Å²) < 4.78 is 7.55. The second kappa shape index (κ2) is 6.24. The van der Waals surface area contributed by atoms with Crippen LogP contribution in [0.4, 0.5) is 0 Å². The molecule has 0 radical (unpaired) electrons. The van der Waals surface area contributed by atoms with Crippen molar-refractivity contribution in [2.75, 3.05) is 19.8 Å². The van der Waals surface area contributed by atoms with Gasteiger partial charge in [-0.25, -0.2) is 0 Å². The van der Waals surface area contributed by atoms with E-state index in [1.807, 2.05) is 36.4 Å². The van der Waals surface area contributed by atoms with Gasteiger partial charge in [0.25, 0.3) is 5.91 Å². The molecule has 1 amide bonds. The lowest BCUT2D eigenvalue weighted by Crippen LogP contribution is -2.38. The van der Waals surface area contributed by atoms with Crippen LogP contribution in [0, 0.1) is 6.92 Å². The molecule has 1 N–H and O–H groups in total. The first kappa shape index (κ1) is 15.9. The highest BCUT2D eigenvalue weighted by molar-refractivity contribution is 6.09. The third-order valence-corrected chi connectivity index (χ3v) is 4.84. The molecule has 0 unspecified atom stereocenters. The van der Waals surface area contributed by atoms with Crippen LogP contribution in [-0.4, -0.2) is 46.3 Å². The maximum atomic E-state index is 13.2. The second-order valence-corrected chi connectivity index (χ2v) is 6.17. The first-order valence-corrected chi connectivity index (χ1v) is 8.21. The lowest BCUT2D eigenvalue weighted by molar-refractivity contribution is 0.0565. The number of rotatable bonds is 4. The van der Waals surface area contributed by atoms with Crippen molar-refractivity contribution in [2.45, 2.75) is 32.7 Å². The van der Waals surface area contributed by atoms with Crippen molar-refractivity contribution >= 4 is 16.8 Å². The Morgan fingerprint density at radius 3 is 2.96 bits per heavy atom. The summed E-state index contributed by atoms with van der Waals surface area (Å²) in [5, 5.41) is 10.6. The molecule has 1 aromatic carbocycles. The minimum absolute atomic E-state index is 0.0425. The second-order valence-electron chi connectivity index (χ2n) is 6.17. The molecule has 0 spiro atoms. The van der Waals surface area contributed by atoms with E-state index in [0.29, 0.717) is 18.8 Å². The van der Waals surface area contributed by atoms with Crippen LogP contribution in [0.3, 0.4) is 0 Å². The largest absolute Gasteiger partial charge is 0.508 e. The number of likely N-dealkylation sites (tertiary alicyclic amines) is 1. The van der Waals surface area contributed by atoms with Gasteiger partial charge in [0.1, 0.15) is 5.75 Å². The van der Waals surface area contributed by atoms with Gasteiger partial charge in [0.15, 0.2) is 0 Å². The lowest BCUT2D eigenvalue weighted by Gasteiger charge is -2.24. The zero-order valence-corrected chi connectivity index (χ0v) is 14.0. The van der Waals surface area contributed by atoms with Gasteiger partial charge in [0, 0.05) is 36.8 Å². The maximum Gasteiger partial charge on any atom is 0.256 e. The van der Waals surface area contributed by atoms with Crippen molar-refractivity contribution in [2.24, 2.45) is 7.05 Å². The highest BCUT2D eigenvalue weighted by atomic mass is 16.5. The number of nitrogens with zero attached hydrogens (tertiary/aromatic N) is 2. The molecule has 3 rings (SSSR count). The third-order valence-electron chi connectivity index (χ3n) is 4.84. The molecule has 1 aromatic heterocycles. The van der Waals surface area contributed by atoms with Crippen molar-refractivity contribution in [1.29, 1.82) is 0 Å². The molecule has 0 aliphatic carbocycles. The molecule has 0 saturated carbocycles. The van der Waals surface area contributed by atoms with Gasteiger partial charge in [0.05, 0.1) is 18.2 Å². The Hall–Kier alpha value is -2.01.